The van der Waals surface area contributed by atoms with Crippen LogP contribution in [0.4, 0.5) is 5.82 Å². The highest BCUT2D eigenvalue weighted by Gasteiger charge is 2.25. The Balaban J connectivity index is 1.71. The molecule has 31 heavy (non-hydrogen) atoms. The molecule has 0 atom stereocenters. The van der Waals surface area contributed by atoms with Crippen molar-refractivity contribution < 1.29 is 9.53 Å². The van der Waals surface area contributed by atoms with Gasteiger partial charge < -0.3 is 14.5 Å². The Kier molecular flexibility index (Phi) is 7.09. The van der Waals surface area contributed by atoms with Gasteiger partial charge in [-0.2, -0.15) is 0 Å². The average molecular weight is 457 g/mol. The van der Waals surface area contributed by atoms with Crippen LogP contribution >= 0.6 is 23.1 Å². The van der Waals surface area contributed by atoms with Crippen molar-refractivity contribution in [2.75, 3.05) is 44.2 Å². The van der Waals surface area contributed by atoms with Gasteiger partial charge in [0.25, 0.3) is 0 Å². The number of aromatic nitrogens is 2. The monoisotopic (exact) mass is 456 g/mol. The van der Waals surface area contributed by atoms with Gasteiger partial charge in [-0.15, -0.1) is 23.1 Å². The molecule has 1 aromatic carbocycles. The van der Waals surface area contributed by atoms with Crippen molar-refractivity contribution >= 4 is 45.1 Å². The Morgan fingerprint density at radius 1 is 1.13 bits per heavy atom. The fraction of sp³-hybridized carbons (Fsp3) is 0.435. The van der Waals surface area contributed by atoms with Crippen LogP contribution in [0.25, 0.3) is 10.2 Å². The number of fused-ring (bicyclic) bond motifs is 1. The highest BCUT2D eigenvalue weighted by molar-refractivity contribution is 7.98. The zero-order chi connectivity index (χ0) is 21.8. The maximum absolute atomic E-state index is 12.5. The minimum absolute atomic E-state index is 0.273. The molecule has 8 heteroatoms. The first kappa shape index (κ1) is 22.0. The highest BCUT2D eigenvalue weighted by Crippen LogP contribution is 2.37. The maximum Gasteiger partial charge on any atom is 0.348 e. The SMILES string of the molecule is CCOC(=O)c1sc2nc(CSc3ccccc3)nc(N3CCN(CC)CC3)c2c1C. The van der Waals surface area contributed by atoms with Gasteiger partial charge in [-0.3, -0.25) is 0 Å². The van der Waals surface area contributed by atoms with Crippen LogP contribution in [0.2, 0.25) is 0 Å². The summed E-state index contributed by atoms with van der Waals surface area (Å²) in [6.45, 7) is 11.3. The number of rotatable bonds is 7. The van der Waals surface area contributed by atoms with E-state index in [2.05, 4.69) is 28.9 Å². The predicted molar refractivity (Wildman–Crippen MR) is 128 cm³/mol. The number of thioether (sulfide) groups is 1. The number of hydrogen-bond acceptors (Lipinski definition) is 8. The van der Waals surface area contributed by atoms with Gasteiger partial charge in [0.1, 0.15) is 21.3 Å². The molecular formula is C23H28N4O2S2. The first-order valence-electron chi connectivity index (χ1n) is 10.7. The summed E-state index contributed by atoms with van der Waals surface area (Å²) in [6, 6.07) is 10.3. The summed E-state index contributed by atoms with van der Waals surface area (Å²) in [4.78, 5) is 29.9. The molecule has 6 nitrogen and oxygen atoms in total. The number of carbonyl (C=O) groups excluding carboxylic acids is 1. The van der Waals surface area contributed by atoms with Crippen molar-refractivity contribution in [1.82, 2.24) is 14.9 Å². The third-order valence-electron chi connectivity index (χ3n) is 5.51. The molecule has 1 saturated heterocycles. The number of carbonyl (C=O) groups is 1. The minimum atomic E-state index is -0.273. The van der Waals surface area contributed by atoms with E-state index >= 15 is 0 Å². The Morgan fingerprint density at radius 2 is 1.87 bits per heavy atom. The van der Waals surface area contributed by atoms with E-state index in [0.717, 1.165) is 60.1 Å². The zero-order valence-electron chi connectivity index (χ0n) is 18.3. The molecule has 3 heterocycles. The van der Waals surface area contributed by atoms with Gasteiger partial charge in [-0.1, -0.05) is 25.1 Å². The Labute approximate surface area is 191 Å². The van der Waals surface area contributed by atoms with Gasteiger partial charge in [-0.05, 0) is 38.1 Å². The summed E-state index contributed by atoms with van der Waals surface area (Å²) in [7, 11) is 0. The second-order valence-electron chi connectivity index (χ2n) is 7.44. The second kappa shape index (κ2) is 9.97. The summed E-state index contributed by atoms with van der Waals surface area (Å²) in [5.74, 6) is 2.16. The van der Waals surface area contributed by atoms with Crippen molar-refractivity contribution in [1.29, 1.82) is 0 Å². The van der Waals surface area contributed by atoms with E-state index in [-0.39, 0.29) is 5.97 Å². The summed E-state index contributed by atoms with van der Waals surface area (Å²) in [6.07, 6.45) is 0. The summed E-state index contributed by atoms with van der Waals surface area (Å²) < 4.78 is 5.29. The van der Waals surface area contributed by atoms with Crippen LogP contribution in [0.5, 0.6) is 0 Å². The standard InChI is InChI=1S/C23H28N4O2S2/c1-4-26-11-13-27(14-12-26)21-19-16(3)20(23(28)29-5-2)31-22(19)25-18(24-21)15-30-17-9-7-6-8-10-17/h6-10H,4-5,11-15H2,1-3H3. The van der Waals surface area contributed by atoms with Gasteiger partial charge in [-0.25, -0.2) is 14.8 Å². The van der Waals surface area contributed by atoms with Crippen LogP contribution in [0.1, 0.15) is 34.9 Å². The largest absolute Gasteiger partial charge is 0.462 e. The van der Waals surface area contributed by atoms with Crippen molar-refractivity contribution in [3.63, 3.8) is 0 Å². The smallest absolute Gasteiger partial charge is 0.348 e. The van der Waals surface area contributed by atoms with Crippen LogP contribution in [-0.2, 0) is 10.5 Å². The van der Waals surface area contributed by atoms with Crippen molar-refractivity contribution in [2.45, 2.75) is 31.4 Å². The van der Waals surface area contributed by atoms with E-state index in [9.17, 15) is 4.79 Å². The van der Waals surface area contributed by atoms with Gasteiger partial charge in [0.05, 0.1) is 17.7 Å². The van der Waals surface area contributed by atoms with E-state index < -0.39 is 0 Å². The topological polar surface area (TPSA) is 58.6 Å². The summed E-state index contributed by atoms with van der Waals surface area (Å²) in [5, 5.41) is 0.992. The van der Waals surface area contributed by atoms with Gasteiger partial charge >= 0.3 is 5.97 Å². The Hall–Kier alpha value is -2.16. The normalized spacial score (nSPS) is 14.9. The number of piperazine rings is 1. The molecule has 4 rings (SSSR count). The lowest BCUT2D eigenvalue weighted by atomic mass is 10.2. The van der Waals surface area contributed by atoms with E-state index in [1.807, 2.05) is 32.0 Å². The molecule has 1 aliphatic rings. The molecule has 1 aliphatic heterocycles. The first-order chi connectivity index (χ1) is 15.1. The molecule has 0 N–H and O–H groups in total. The molecule has 0 bridgehead atoms. The number of ether oxygens (including phenoxy) is 1. The quantitative estimate of drug-likeness (QED) is 0.380. The van der Waals surface area contributed by atoms with Crippen LogP contribution in [0.3, 0.4) is 0 Å². The fourth-order valence-electron chi connectivity index (χ4n) is 3.79. The second-order valence-corrected chi connectivity index (χ2v) is 9.49. The number of esters is 1. The van der Waals surface area contributed by atoms with Crippen molar-refractivity contribution in [3.8, 4) is 0 Å². The number of nitrogens with zero attached hydrogens (tertiary/aromatic N) is 4. The molecule has 164 valence electrons. The average Bonchev–Trinajstić information content (AvgIpc) is 3.14. The fourth-order valence-corrected chi connectivity index (χ4v) is 5.65. The van der Waals surface area contributed by atoms with Crippen molar-refractivity contribution in [2.24, 2.45) is 0 Å². The number of hydrogen-bond donors (Lipinski definition) is 0. The Morgan fingerprint density at radius 3 is 2.55 bits per heavy atom. The molecule has 0 unspecified atom stereocenters. The molecule has 0 amide bonds. The minimum Gasteiger partial charge on any atom is -0.462 e. The summed E-state index contributed by atoms with van der Waals surface area (Å²) in [5.41, 5.74) is 0.925. The van der Waals surface area contributed by atoms with E-state index in [1.54, 1.807) is 11.8 Å². The number of likely N-dealkylation sites (N-methyl/N-ethyl adjacent to an activating group) is 1. The van der Waals surface area contributed by atoms with Crippen LogP contribution in [0, 0.1) is 6.92 Å². The lowest BCUT2D eigenvalue weighted by Crippen LogP contribution is -2.46. The number of anilines is 1. The van der Waals surface area contributed by atoms with E-state index in [0.29, 0.717) is 17.2 Å². The number of thiophene rings is 1. The third-order valence-corrected chi connectivity index (χ3v) is 7.68. The maximum atomic E-state index is 12.5. The van der Waals surface area contributed by atoms with Crippen LogP contribution in [0.15, 0.2) is 35.2 Å². The van der Waals surface area contributed by atoms with Gasteiger partial charge in [0.2, 0.25) is 0 Å². The van der Waals surface area contributed by atoms with Gasteiger partial charge in [0, 0.05) is 31.1 Å². The molecule has 1 fully saturated rings. The molecule has 0 spiro atoms. The molecule has 0 aliphatic carbocycles. The van der Waals surface area contributed by atoms with Gasteiger partial charge in [0.15, 0.2) is 0 Å². The molecule has 2 aromatic heterocycles. The van der Waals surface area contributed by atoms with E-state index in [4.69, 9.17) is 14.7 Å². The molecule has 0 radical (unpaired) electrons. The lowest BCUT2D eigenvalue weighted by Gasteiger charge is -2.35. The van der Waals surface area contributed by atoms with Crippen LogP contribution in [-0.4, -0.2) is 60.2 Å². The third kappa shape index (κ3) is 4.86. The summed E-state index contributed by atoms with van der Waals surface area (Å²) >= 11 is 3.15. The number of benzene rings is 1. The molecule has 0 saturated carbocycles. The van der Waals surface area contributed by atoms with Crippen LogP contribution < -0.4 is 4.90 Å². The first-order valence-corrected chi connectivity index (χ1v) is 12.5. The molecular weight excluding hydrogens is 428 g/mol. The molecule has 3 aromatic rings. The predicted octanol–water partition coefficient (Wildman–Crippen LogP) is 4.61. The Bertz CT molecular complexity index is 1050. The lowest BCUT2D eigenvalue weighted by molar-refractivity contribution is 0.0531. The van der Waals surface area contributed by atoms with Crippen molar-refractivity contribution in [3.05, 3.63) is 46.6 Å². The number of aryl methyl sites for hydroxylation is 1. The highest BCUT2D eigenvalue weighted by atomic mass is 32.2. The zero-order valence-corrected chi connectivity index (χ0v) is 19.9. The van der Waals surface area contributed by atoms with E-state index in [1.165, 1.54) is 16.2 Å².